The third-order valence-corrected chi connectivity index (χ3v) is 21.2. The fourth-order valence-electron chi connectivity index (χ4n) is 14.4. The average molecular weight is 2050 g/mol. The molecular formula is C101H170N18O26. The first-order valence-electron chi connectivity index (χ1n) is 50.8. The molecule has 1 aromatic carbocycles. The number of terminal acetylenes is 1. The fraction of sp³-hybridized carbons (Fsp3) is 0.733. The number of carbonyl (C=O) groups is 19. The summed E-state index contributed by atoms with van der Waals surface area (Å²) in [7, 11) is 0. The molecule has 820 valence electrons. The molecule has 0 radical (unpaired) electrons. The number of hydrogen-bond donors (Lipinski definition) is 19. The van der Waals surface area contributed by atoms with E-state index in [1.54, 1.807) is 169 Å². The van der Waals surface area contributed by atoms with Gasteiger partial charge in [0.15, 0.2) is 0 Å². The highest BCUT2D eigenvalue weighted by molar-refractivity contribution is 6.00. The average Bonchev–Trinajstić information content (AvgIpc) is 0.849. The molecule has 145 heavy (non-hydrogen) atoms. The molecule has 1 aliphatic rings. The molecule has 1 aromatic rings. The second kappa shape index (κ2) is 66.5. The number of carbonyl (C=O) groups excluding carboxylic acids is 18. The lowest BCUT2D eigenvalue weighted by Gasteiger charge is -2.29. The fourth-order valence-corrected chi connectivity index (χ4v) is 14.4. The second-order valence-corrected chi connectivity index (χ2v) is 42.5. The standard InChI is InChI=1S/C101H170N18O26/c1-22-77(120)102-55-35-24-27-52-78(121)103-56-36-28-45-67-80(124)111-69(47-30-38-58-105-91(135)141-97(7,8)9)82(126)114-73(51-34-42-62-109-95(139)145-101(19,20)21)86(130)119-76(64-66-43-25-23-26-44-66)89(133)116-71(49-32-40-60-107-93(137)143-99(13,14)15)84(128)113-72(50-33-41-61-108-94(138)144-100(16,17)18)85(129)118-75(63-65(2)3)88(132)117-74(53-54-79(122)123)87(131)115-70(48-31-39-59-106-92(136)142-98(10,11)12)83(127)112-68(81(125)110-67)46-29-37-57-104-90(134)140-96(4,5)6/h1,23,25-26,43-44,65,67-76H,24,27-42,45-64H2,2-21H3,(H,102,120)(H,103,121)(H,104,134)(H,105,135)(H,106,136)(H,107,137)(H,108,138)(H,109,139)(H,110,125)(H,111,124)(H,112,127)(H,113,128)(H,114,126)(H,115,131)(H,116,133)(H,117,132)(H,118,129)(H,119,130)(H,122,123)/t67-,68-,69-,70-,71-,72-,73-,74-,75-,76-/m0/s1. The van der Waals surface area contributed by atoms with E-state index in [-0.39, 0.29) is 206 Å². The quantitative estimate of drug-likeness (QED) is 0.0168. The molecule has 0 aromatic heterocycles. The van der Waals surface area contributed by atoms with E-state index in [2.05, 4.69) is 95.7 Å². The van der Waals surface area contributed by atoms with Crippen LogP contribution in [-0.2, 0) is 97.2 Å². The van der Waals surface area contributed by atoms with Gasteiger partial charge >= 0.3 is 42.5 Å². The summed E-state index contributed by atoms with van der Waals surface area (Å²) >= 11 is 0. The smallest absolute Gasteiger partial charge is 0.407 e. The lowest BCUT2D eigenvalue weighted by atomic mass is 10.00. The van der Waals surface area contributed by atoms with Crippen LogP contribution in [0.3, 0.4) is 0 Å². The number of carboxylic acid groups (broad SMARTS) is 1. The number of hydrogen-bond acceptors (Lipinski definition) is 25. The summed E-state index contributed by atoms with van der Waals surface area (Å²) in [6.45, 7) is 33.6. The van der Waals surface area contributed by atoms with Crippen LogP contribution in [0, 0.1) is 18.3 Å². The number of benzene rings is 1. The predicted molar refractivity (Wildman–Crippen MR) is 541 cm³/mol. The van der Waals surface area contributed by atoms with Crippen molar-refractivity contribution in [3.05, 3.63) is 35.9 Å². The van der Waals surface area contributed by atoms with Gasteiger partial charge in [-0.3, -0.25) is 62.3 Å². The second-order valence-electron chi connectivity index (χ2n) is 42.5. The number of unbranched alkanes of at least 4 members (excludes halogenated alkanes) is 9. The summed E-state index contributed by atoms with van der Waals surface area (Å²) < 4.78 is 32.7. The van der Waals surface area contributed by atoms with Gasteiger partial charge in [0, 0.05) is 71.6 Å². The molecule has 1 saturated heterocycles. The van der Waals surface area contributed by atoms with Gasteiger partial charge in [0.2, 0.25) is 65.0 Å². The zero-order chi connectivity index (χ0) is 109. The van der Waals surface area contributed by atoms with Crippen molar-refractivity contribution in [2.45, 2.75) is 419 Å². The van der Waals surface area contributed by atoms with Crippen molar-refractivity contribution in [1.82, 2.24) is 95.7 Å². The zero-order valence-corrected chi connectivity index (χ0v) is 89.1. The normalized spacial score (nSPS) is 19.3. The SMILES string of the molecule is C#CC(=O)NCCCCCC(=O)NCCCC[C@@H]1NC(=O)[C@H](CCCCNC(=O)OC(C)(C)C)NC(=O)[C@H](CCCCNC(=O)OC(C)(C)C)NC(=O)[C@H](CCC(=O)O)NC(=O)[C@H](CC(C)C)NC(=O)[C@H](CCCCNC(=O)OC(C)(C)C)NC(=O)[C@H](CCCCNC(=O)OC(C)(C)C)NC(=O)[C@H](Cc2ccccc2)NC(=O)[C@H](CCCCNC(=O)OC(C)(C)C)NC(=O)[C@H](CCCCNC(=O)OC(C)(C)C)NC1=O. The molecule has 1 fully saturated rings. The lowest BCUT2D eigenvalue weighted by molar-refractivity contribution is -0.139. The molecule has 1 aliphatic heterocycles. The molecule has 10 atom stereocenters. The van der Waals surface area contributed by atoms with Gasteiger partial charge in [0.05, 0.1) is 0 Å². The molecule has 0 spiro atoms. The van der Waals surface area contributed by atoms with E-state index in [1.165, 1.54) is 0 Å². The van der Waals surface area contributed by atoms with Crippen molar-refractivity contribution < 1.29 is 125 Å². The monoisotopic (exact) mass is 2050 g/mol. The largest absolute Gasteiger partial charge is 0.481 e. The Bertz CT molecular complexity index is 4340. The molecule has 0 saturated carbocycles. The highest BCUT2D eigenvalue weighted by Gasteiger charge is 2.39. The Hall–Kier alpha value is -12.5. The minimum Gasteiger partial charge on any atom is -0.481 e. The number of aliphatic carboxylic acids is 1. The Morgan fingerprint density at radius 1 is 0.290 bits per heavy atom. The molecule has 44 nitrogen and oxygen atoms in total. The summed E-state index contributed by atoms with van der Waals surface area (Å²) in [5, 5.41) is 59.2. The van der Waals surface area contributed by atoms with Gasteiger partial charge in [-0.1, -0.05) is 50.6 Å². The molecule has 1 heterocycles. The van der Waals surface area contributed by atoms with Crippen LogP contribution in [0.15, 0.2) is 30.3 Å². The van der Waals surface area contributed by atoms with Crippen LogP contribution in [0.2, 0.25) is 0 Å². The van der Waals surface area contributed by atoms with Crippen LogP contribution in [0.5, 0.6) is 0 Å². The van der Waals surface area contributed by atoms with Crippen LogP contribution in [0.25, 0.3) is 0 Å². The Morgan fingerprint density at radius 3 is 0.745 bits per heavy atom. The van der Waals surface area contributed by atoms with Gasteiger partial charge in [-0.2, -0.15) is 0 Å². The summed E-state index contributed by atoms with van der Waals surface area (Å²) in [5.41, 5.74) is -4.88. The molecule has 44 heteroatoms. The van der Waals surface area contributed by atoms with E-state index in [0.29, 0.717) is 31.4 Å². The maximum Gasteiger partial charge on any atom is 0.407 e. The van der Waals surface area contributed by atoms with Crippen molar-refractivity contribution in [3.63, 3.8) is 0 Å². The zero-order valence-electron chi connectivity index (χ0n) is 89.1. The predicted octanol–water partition coefficient (Wildman–Crippen LogP) is 7.77. The van der Waals surface area contributed by atoms with Crippen molar-refractivity contribution in [3.8, 4) is 12.3 Å². The number of alkyl carbamates (subject to hydrolysis) is 6. The Labute approximate surface area is 855 Å². The van der Waals surface area contributed by atoms with Gasteiger partial charge < -0.3 is 129 Å². The molecule has 0 bridgehead atoms. The van der Waals surface area contributed by atoms with E-state index in [9.17, 15) is 48.3 Å². The highest BCUT2D eigenvalue weighted by Crippen LogP contribution is 2.20. The topological polar surface area (TPSA) is 616 Å². The number of rotatable bonds is 48. The van der Waals surface area contributed by atoms with Crippen molar-refractivity contribution in [1.29, 1.82) is 0 Å². The third kappa shape index (κ3) is 64.1. The van der Waals surface area contributed by atoms with Crippen LogP contribution >= 0.6 is 0 Å². The molecule has 0 unspecified atom stereocenters. The van der Waals surface area contributed by atoms with Gasteiger partial charge in [-0.15, -0.1) is 6.42 Å². The third-order valence-electron chi connectivity index (χ3n) is 21.2. The maximum absolute atomic E-state index is 15.8. The van der Waals surface area contributed by atoms with Crippen LogP contribution in [0.1, 0.15) is 324 Å². The maximum atomic E-state index is 15.8. The van der Waals surface area contributed by atoms with Gasteiger partial charge in [-0.05, 0) is 303 Å². The molecular weight excluding hydrogens is 1880 g/mol. The van der Waals surface area contributed by atoms with Crippen LogP contribution < -0.4 is 95.7 Å². The Kier molecular flexibility index (Phi) is 59.0. The minimum absolute atomic E-state index is 0.0000103. The lowest BCUT2D eigenvalue weighted by Crippen LogP contribution is -2.61. The molecule has 18 amide bonds. The van der Waals surface area contributed by atoms with Crippen molar-refractivity contribution >= 4 is 113 Å². The Morgan fingerprint density at radius 2 is 0.503 bits per heavy atom. The number of nitrogens with one attached hydrogen (secondary N) is 18. The molecule has 2 rings (SSSR count). The first-order valence-corrected chi connectivity index (χ1v) is 50.8. The molecule has 19 N–H and O–H groups in total. The molecule has 0 aliphatic carbocycles. The number of carboxylic acids is 1. The summed E-state index contributed by atoms with van der Waals surface area (Å²) in [5.74, 6) is -11.0. The van der Waals surface area contributed by atoms with E-state index < -0.39 is 220 Å². The summed E-state index contributed by atoms with van der Waals surface area (Å²) in [6.07, 6.45) is 0.0798. The first kappa shape index (κ1) is 129. The number of amides is 18. The summed E-state index contributed by atoms with van der Waals surface area (Å²) in [6, 6.07) is -8.16. The van der Waals surface area contributed by atoms with Gasteiger partial charge in [-0.25, -0.2) is 28.8 Å². The summed E-state index contributed by atoms with van der Waals surface area (Å²) in [4.78, 5) is 271. The van der Waals surface area contributed by atoms with Crippen molar-refractivity contribution in [2.24, 2.45) is 5.92 Å². The van der Waals surface area contributed by atoms with Crippen LogP contribution in [0.4, 0.5) is 28.8 Å². The Balaban J connectivity index is 3.43. The van der Waals surface area contributed by atoms with E-state index in [1.807, 2.05) is 5.92 Å². The van der Waals surface area contributed by atoms with E-state index in [0.717, 1.165) is 0 Å². The van der Waals surface area contributed by atoms with Gasteiger partial charge in [0.1, 0.15) is 94.0 Å². The minimum atomic E-state index is -1.83. The van der Waals surface area contributed by atoms with Gasteiger partial charge in [0.25, 0.3) is 5.91 Å². The van der Waals surface area contributed by atoms with E-state index in [4.69, 9.17) is 34.8 Å². The van der Waals surface area contributed by atoms with Crippen LogP contribution in [-0.4, -0.2) is 265 Å². The van der Waals surface area contributed by atoms with E-state index >= 15 is 47.9 Å². The highest BCUT2D eigenvalue weighted by atomic mass is 16.6. The number of ether oxygens (including phenoxy) is 6. The van der Waals surface area contributed by atoms with Crippen molar-refractivity contribution in [2.75, 3.05) is 52.4 Å². The first-order chi connectivity index (χ1) is 67.7.